The molecule has 1 aromatic heterocycles. The zero-order chi connectivity index (χ0) is 12.1. The molecule has 1 saturated heterocycles. The SMILES string of the molecule is CC(=O)NCc1ccc([C@@H]2CCCCCN2)o1. The Kier molecular flexibility index (Phi) is 4.20. The molecular weight excluding hydrogens is 216 g/mol. The molecule has 2 N–H and O–H groups in total. The second-order valence-corrected chi connectivity index (χ2v) is 4.57. The average Bonchev–Trinajstić information content (AvgIpc) is 2.60. The molecular formula is C13H20N2O2. The highest BCUT2D eigenvalue weighted by Crippen LogP contribution is 2.24. The zero-order valence-electron chi connectivity index (χ0n) is 10.3. The highest BCUT2D eigenvalue weighted by molar-refractivity contribution is 5.72. The van der Waals surface area contributed by atoms with Crippen molar-refractivity contribution >= 4 is 5.91 Å². The second-order valence-electron chi connectivity index (χ2n) is 4.57. The Hall–Kier alpha value is -1.29. The number of carbonyl (C=O) groups excluding carboxylic acids is 1. The van der Waals surface area contributed by atoms with Crippen molar-refractivity contribution in [1.29, 1.82) is 0 Å². The van der Waals surface area contributed by atoms with Gasteiger partial charge in [-0.2, -0.15) is 0 Å². The lowest BCUT2D eigenvalue weighted by atomic mass is 10.1. The molecule has 1 amide bonds. The van der Waals surface area contributed by atoms with E-state index >= 15 is 0 Å². The van der Waals surface area contributed by atoms with Gasteiger partial charge in [0.15, 0.2) is 0 Å². The summed E-state index contributed by atoms with van der Waals surface area (Å²) in [6.07, 6.45) is 4.92. The maximum Gasteiger partial charge on any atom is 0.217 e. The van der Waals surface area contributed by atoms with Crippen molar-refractivity contribution in [3.63, 3.8) is 0 Å². The molecule has 1 fully saturated rings. The molecule has 4 nitrogen and oxygen atoms in total. The Morgan fingerprint density at radius 1 is 1.47 bits per heavy atom. The highest BCUT2D eigenvalue weighted by atomic mass is 16.3. The van der Waals surface area contributed by atoms with E-state index in [0.29, 0.717) is 12.6 Å². The summed E-state index contributed by atoms with van der Waals surface area (Å²) in [5.41, 5.74) is 0. The first-order chi connectivity index (χ1) is 8.25. The molecule has 0 aromatic carbocycles. The van der Waals surface area contributed by atoms with Gasteiger partial charge >= 0.3 is 0 Å². The van der Waals surface area contributed by atoms with E-state index in [4.69, 9.17) is 4.42 Å². The van der Waals surface area contributed by atoms with Gasteiger partial charge in [0.25, 0.3) is 0 Å². The Bertz CT molecular complexity index is 365. The molecule has 1 aliphatic rings. The summed E-state index contributed by atoms with van der Waals surface area (Å²) in [5, 5.41) is 6.23. The van der Waals surface area contributed by atoms with Gasteiger partial charge in [-0.05, 0) is 31.5 Å². The van der Waals surface area contributed by atoms with Crippen molar-refractivity contribution in [2.75, 3.05) is 6.54 Å². The van der Waals surface area contributed by atoms with Crippen molar-refractivity contribution in [1.82, 2.24) is 10.6 Å². The minimum atomic E-state index is -0.0319. The molecule has 0 radical (unpaired) electrons. The van der Waals surface area contributed by atoms with Crippen LogP contribution in [0.4, 0.5) is 0 Å². The van der Waals surface area contributed by atoms with Crippen LogP contribution in [0.1, 0.15) is 50.2 Å². The van der Waals surface area contributed by atoms with Gasteiger partial charge in [0.1, 0.15) is 11.5 Å². The Balaban J connectivity index is 1.94. The molecule has 2 rings (SSSR count). The molecule has 2 heterocycles. The summed E-state index contributed by atoms with van der Waals surface area (Å²) in [7, 11) is 0. The number of nitrogens with one attached hydrogen (secondary N) is 2. The summed E-state index contributed by atoms with van der Waals surface area (Å²) in [5.74, 6) is 1.78. The number of hydrogen-bond donors (Lipinski definition) is 2. The normalized spacial score (nSPS) is 20.9. The topological polar surface area (TPSA) is 54.3 Å². The lowest BCUT2D eigenvalue weighted by Crippen LogP contribution is -2.20. The minimum Gasteiger partial charge on any atom is -0.463 e. The van der Waals surface area contributed by atoms with E-state index in [1.54, 1.807) is 0 Å². The van der Waals surface area contributed by atoms with Gasteiger partial charge in [0, 0.05) is 6.92 Å². The first kappa shape index (κ1) is 12.2. The number of amides is 1. The molecule has 0 bridgehead atoms. The lowest BCUT2D eigenvalue weighted by Gasteiger charge is -2.12. The van der Waals surface area contributed by atoms with Gasteiger partial charge in [-0.1, -0.05) is 12.8 Å². The van der Waals surface area contributed by atoms with E-state index in [0.717, 1.165) is 24.5 Å². The quantitative estimate of drug-likeness (QED) is 0.845. The Morgan fingerprint density at radius 3 is 3.18 bits per heavy atom. The maximum atomic E-state index is 10.8. The van der Waals surface area contributed by atoms with Gasteiger partial charge in [0.05, 0.1) is 12.6 Å². The maximum absolute atomic E-state index is 10.8. The van der Waals surface area contributed by atoms with Crippen molar-refractivity contribution in [3.8, 4) is 0 Å². The van der Waals surface area contributed by atoms with Crippen LogP contribution in [0.5, 0.6) is 0 Å². The first-order valence-electron chi connectivity index (χ1n) is 6.32. The molecule has 0 aliphatic carbocycles. The van der Waals surface area contributed by atoms with Crippen LogP contribution < -0.4 is 10.6 Å². The van der Waals surface area contributed by atoms with Crippen LogP contribution in [0.3, 0.4) is 0 Å². The van der Waals surface area contributed by atoms with E-state index in [1.807, 2.05) is 12.1 Å². The fourth-order valence-corrected chi connectivity index (χ4v) is 2.16. The van der Waals surface area contributed by atoms with Crippen molar-refractivity contribution in [3.05, 3.63) is 23.7 Å². The van der Waals surface area contributed by atoms with Gasteiger partial charge in [-0.3, -0.25) is 4.79 Å². The molecule has 0 spiro atoms. The number of rotatable bonds is 3. The Labute approximate surface area is 102 Å². The first-order valence-corrected chi connectivity index (χ1v) is 6.32. The largest absolute Gasteiger partial charge is 0.463 e. The lowest BCUT2D eigenvalue weighted by molar-refractivity contribution is -0.119. The number of hydrogen-bond acceptors (Lipinski definition) is 3. The van der Waals surface area contributed by atoms with Crippen molar-refractivity contribution < 1.29 is 9.21 Å². The van der Waals surface area contributed by atoms with Gasteiger partial charge < -0.3 is 15.1 Å². The summed E-state index contributed by atoms with van der Waals surface area (Å²) in [4.78, 5) is 10.8. The minimum absolute atomic E-state index is 0.0319. The second kappa shape index (κ2) is 5.87. The number of furan rings is 1. The third-order valence-electron chi connectivity index (χ3n) is 3.10. The zero-order valence-corrected chi connectivity index (χ0v) is 10.3. The van der Waals surface area contributed by atoms with Crippen molar-refractivity contribution in [2.45, 2.75) is 45.2 Å². The van der Waals surface area contributed by atoms with Crippen LogP contribution in [0, 0.1) is 0 Å². The molecule has 4 heteroatoms. The third kappa shape index (κ3) is 3.60. The summed E-state index contributed by atoms with van der Waals surface area (Å²) < 4.78 is 5.75. The van der Waals surface area contributed by atoms with Crippen LogP contribution in [0.25, 0.3) is 0 Å². The van der Waals surface area contributed by atoms with E-state index < -0.39 is 0 Å². The summed E-state index contributed by atoms with van der Waals surface area (Å²) in [6.45, 7) is 3.05. The smallest absolute Gasteiger partial charge is 0.217 e. The van der Waals surface area contributed by atoms with Gasteiger partial charge in [0.2, 0.25) is 5.91 Å². The van der Waals surface area contributed by atoms with E-state index in [9.17, 15) is 4.79 Å². The predicted molar refractivity (Wildman–Crippen MR) is 65.4 cm³/mol. The summed E-state index contributed by atoms with van der Waals surface area (Å²) in [6, 6.07) is 4.29. The fourth-order valence-electron chi connectivity index (χ4n) is 2.16. The molecule has 0 unspecified atom stereocenters. The van der Waals surface area contributed by atoms with Gasteiger partial charge in [-0.25, -0.2) is 0 Å². The van der Waals surface area contributed by atoms with Crippen LogP contribution in [-0.2, 0) is 11.3 Å². The predicted octanol–water partition coefficient (Wildman–Crippen LogP) is 2.12. The molecule has 1 aliphatic heterocycles. The monoisotopic (exact) mass is 236 g/mol. The average molecular weight is 236 g/mol. The summed E-state index contributed by atoms with van der Waals surface area (Å²) >= 11 is 0. The molecule has 17 heavy (non-hydrogen) atoms. The molecule has 0 saturated carbocycles. The molecule has 1 atom stereocenters. The molecule has 94 valence electrons. The van der Waals surface area contributed by atoms with Crippen LogP contribution in [-0.4, -0.2) is 12.5 Å². The van der Waals surface area contributed by atoms with E-state index in [1.165, 1.54) is 26.2 Å². The third-order valence-corrected chi connectivity index (χ3v) is 3.10. The fraction of sp³-hybridized carbons (Fsp3) is 0.615. The van der Waals surface area contributed by atoms with E-state index in [-0.39, 0.29) is 5.91 Å². The van der Waals surface area contributed by atoms with Crippen LogP contribution >= 0.6 is 0 Å². The van der Waals surface area contributed by atoms with Crippen molar-refractivity contribution in [2.24, 2.45) is 0 Å². The standard InChI is InChI=1S/C13H20N2O2/c1-10(16)15-9-11-6-7-13(17-11)12-5-3-2-4-8-14-12/h6-7,12,14H,2-5,8-9H2,1H3,(H,15,16)/t12-/m0/s1. The van der Waals surface area contributed by atoms with E-state index in [2.05, 4.69) is 10.6 Å². The van der Waals surface area contributed by atoms with Gasteiger partial charge in [-0.15, -0.1) is 0 Å². The Morgan fingerprint density at radius 2 is 2.35 bits per heavy atom. The van der Waals surface area contributed by atoms with Crippen LogP contribution in [0.15, 0.2) is 16.5 Å². The number of carbonyl (C=O) groups is 1. The van der Waals surface area contributed by atoms with Crippen LogP contribution in [0.2, 0.25) is 0 Å². The molecule has 1 aromatic rings. The highest BCUT2D eigenvalue weighted by Gasteiger charge is 2.16.